The molecule has 0 spiro atoms. The van der Waals surface area contributed by atoms with E-state index in [2.05, 4.69) is 4.98 Å². The van der Waals surface area contributed by atoms with Crippen molar-refractivity contribution in [2.75, 3.05) is 19.6 Å². The van der Waals surface area contributed by atoms with E-state index in [1.165, 1.54) is 4.31 Å². The first-order valence-electron chi connectivity index (χ1n) is 9.96. The van der Waals surface area contributed by atoms with Gasteiger partial charge in [0.15, 0.2) is 0 Å². The molecule has 1 saturated heterocycles. The van der Waals surface area contributed by atoms with E-state index in [9.17, 15) is 13.2 Å². The van der Waals surface area contributed by atoms with Crippen LogP contribution in [0.5, 0.6) is 5.75 Å². The number of likely N-dealkylation sites (N-methyl/N-ethyl adjacent to an activating group) is 1. The van der Waals surface area contributed by atoms with Crippen molar-refractivity contribution in [1.29, 1.82) is 0 Å². The summed E-state index contributed by atoms with van der Waals surface area (Å²) in [6.45, 7) is 3.24. The van der Waals surface area contributed by atoms with E-state index >= 15 is 0 Å². The monoisotopic (exact) mass is 415 g/mol. The Labute approximate surface area is 171 Å². The van der Waals surface area contributed by atoms with Gasteiger partial charge < -0.3 is 9.64 Å². The van der Waals surface area contributed by atoms with Crippen molar-refractivity contribution >= 4 is 15.9 Å². The van der Waals surface area contributed by atoms with E-state index < -0.39 is 10.0 Å². The second-order valence-corrected chi connectivity index (χ2v) is 9.19. The maximum absolute atomic E-state index is 13.2. The number of nitrogens with zero attached hydrogens (tertiary/aromatic N) is 3. The molecule has 2 aliphatic rings. The molecule has 1 amide bonds. The van der Waals surface area contributed by atoms with Crippen LogP contribution in [0.2, 0.25) is 0 Å². The molecule has 4 rings (SSSR count). The zero-order valence-corrected chi connectivity index (χ0v) is 17.2. The highest BCUT2D eigenvalue weighted by Crippen LogP contribution is 2.36. The van der Waals surface area contributed by atoms with Crippen LogP contribution in [0, 0.1) is 0 Å². The Morgan fingerprint density at radius 2 is 1.90 bits per heavy atom. The predicted octanol–water partition coefficient (Wildman–Crippen LogP) is 2.09. The number of pyridine rings is 1. The topological polar surface area (TPSA) is 79.8 Å². The number of carbonyl (C=O) groups is 1. The summed E-state index contributed by atoms with van der Waals surface area (Å²) in [4.78, 5) is 19.0. The molecule has 0 N–H and O–H groups in total. The molecule has 0 unspecified atom stereocenters. The zero-order chi connectivity index (χ0) is 20.4. The number of fused-ring (bicyclic) bond motifs is 2. The third kappa shape index (κ3) is 3.86. The molecule has 0 bridgehead atoms. The van der Waals surface area contributed by atoms with Crippen LogP contribution >= 0.6 is 0 Å². The van der Waals surface area contributed by atoms with Crippen LogP contribution in [-0.4, -0.2) is 60.3 Å². The van der Waals surface area contributed by atoms with Crippen molar-refractivity contribution in [3.05, 3.63) is 54.4 Å². The van der Waals surface area contributed by atoms with E-state index in [-0.39, 0.29) is 29.4 Å². The summed E-state index contributed by atoms with van der Waals surface area (Å²) in [5.41, 5.74) is 0.735. The fourth-order valence-electron chi connectivity index (χ4n) is 4.18. The fraction of sp³-hybridized carbons (Fsp3) is 0.429. The molecule has 2 aliphatic heterocycles. The molecule has 2 atom stereocenters. The molecule has 0 aliphatic carbocycles. The van der Waals surface area contributed by atoms with Crippen LogP contribution < -0.4 is 4.74 Å². The number of aromatic nitrogens is 1. The number of amides is 1. The highest BCUT2D eigenvalue weighted by Gasteiger charge is 2.42. The number of hydrogen-bond acceptors (Lipinski definition) is 5. The van der Waals surface area contributed by atoms with Crippen molar-refractivity contribution in [1.82, 2.24) is 14.2 Å². The molecule has 29 heavy (non-hydrogen) atoms. The Hall–Kier alpha value is -2.45. The smallest absolute Gasteiger partial charge is 0.247 e. The second-order valence-electron chi connectivity index (χ2n) is 7.33. The lowest BCUT2D eigenvalue weighted by atomic mass is 10.1. The van der Waals surface area contributed by atoms with Crippen molar-refractivity contribution in [2.24, 2.45) is 0 Å². The first-order chi connectivity index (χ1) is 14.0. The van der Waals surface area contributed by atoms with Gasteiger partial charge in [0.05, 0.1) is 12.5 Å². The fourth-order valence-corrected chi connectivity index (χ4v) is 5.99. The minimum atomic E-state index is -3.65. The van der Waals surface area contributed by atoms with Crippen LogP contribution in [0.1, 0.15) is 25.5 Å². The van der Waals surface area contributed by atoms with Crippen molar-refractivity contribution in [2.45, 2.75) is 43.2 Å². The van der Waals surface area contributed by atoms with E-state index in [0.29, 0.717) is 38.2 Å². The summed E-state index contributed by atoms with van der Waals surface area (Å²) >= 11 is 0. The summed E-state index contributed by atoms with van der Waals surface area (Å²) in [5, 5.41) is 0. The summed E-state index contributed by atoms with van der Waals surface area (Å²) < 4.78 is 34.2. The van der Waals surface area contributed by atoms with E-state index in [4.69, 9.17) is 4.74 Å². The Morgan fingerprint density at radius 3 is 2.66 bits per heavy atom. The Balaban J connectivity index is 1.57. The Kier molecular flexibility index (Phi) is 5.56. The molecule has 1 fully saturated rings. The molecular weight excluding hydrogens is 390 g/mol. The Bertz CT molecular complexity index is 980. The van der Waals surface area contributed by atoms with Gasteiger partial charge in [-0.1, -0.05) is 25.1 Å². The summed E-state index contributed by atoms with van der Waals surface area (Å²) in [5.74, 6) is 0.401. The highest BCUT2D eigenvalue weighted by atomic mass is 32.2. The molecule has 154 valence electrons. The third-order valence-electron chi connectivity index (χ3n) is 5.61. The molecular formula is C21H25N3O4S. The molecule has 2 aromatic rings. The van der Waals surface area contributed by atoms with Crippen LogP contribution in [0.15, 0.2) is 53.6 Å². The maximum atomic E-state index is 13.2. The van der Waals surface area contributed by atoms with Crippen LogP contribution in [-0.2, 0) is 21.2 Å². The van der Waals surface area contributed by atoms with E-state index in [1.807, 2.05) is 25.1 Å². The molecule has 1 aromatic carbocycles. The van der Waals surface area contributed by atoms with Gasteiger partial charge in [-0.05, 0) is 30.7 Å². The number of benzene rings is 1. The minimum Gasteiger partial charge on any atom is -0.487 e. The standard InChI is InChI=1S/C21H25N3O4S/c1-2-24-17-10-13-23(21(25)15-16-7-5-6-12-22-16)14-11-18(17)28-19-8-3-4-9-20(19)29(24,26)27/h3-9,12,17-18H,2,10-11,13-15H2,1H3/t17-,18-/m0/s1. The van der Waals surface area contributed by atoms with Gasteiger partial charge in [0, 0.05) is 37.9 Å². The number of ether oxygens (including phenoxy) is 1. The van der Waals surface area contributed by atoms with Gasteiger partial charge in [0.25, 0.3) is 0 Å². The zero-order valence-electron chi connectivity index (χ0n) is 16.4. The number of hydrogen-bond donors (Lipinski definition) is 0. The molecule has 0 saturated carbocycles. The normalized spacial score (nSPS) is 23.8. The number of rotatable bonds is 3. The van der Waals surface area contributed by atoms with Gasteiger partial charge in [0.1, 0.15) is 16.7 Å². The quantitative estimate of drug-likeness (QED) is 0.767. The predicted molar refractivity (Wildman–Crippen MR) is 108 cm³/mol. The van der Waals surface area contributed by atoms with Crippen molar-refractivity contribution in [3.8, 4) is 5.75 Å². The largest absolute Gasteiger partial charge is 0.487 e. The first-order valence-corrected chi connectivity index (χ1v) is 11.4. The van der Waals surface area contributed by atoms with Gasteiger partial charge in [-0.25, -0.2) is 8.42 Å². The van der Waals surface area contributed by atoms with E-state index in [1.54, 1.807) is 35.4 Å². The lowest BCUT2D eigenvalue weighted by molar-refractivity contribution is -0.130. The third-order valence-corrected chi connectivity index (χ3v) is 7.65. The lowest BCUT2D eigenvalue weighted by Gasteiger charge is -2.30. The Morgan fingerprint density at radius 1 is 1.14 bits per heavy atom. The molecule has 0 radical (unpaired) electrons. The summed E-state index contributed by atoms with van der Waals surface area (Å²) in [7, 11) is -3.65. The number of carbonyl (C=O) groups excluding carboxylic acids is 1. The number of sulfonamides is 1. The van der Waals surface area contributed by atoms with Gasteiger partial charge in [-0.3, -0.25) is 9.78 Å². The minimum absolute atomic E-state index is 0.00599. The van der Waals surface area contributed by atoms with Gasteiger partial charge in [0.2, 0.25) is 15.9 Å². The van der Waals surface area contributed by atoms with Crippen molar-refractivity contribution in [3.63, 3.8) is 0 Å². The van der Waals surface area contributed by atoms with Crippen LogP contribution in [0.4, 0.5) is 0 Å². The lowest BCUT2D eigenvalue weighted by Crippen LogP contribution is -2.47. The highest BCUT2D eigenvalue weighted by molar-refractivity contribution is 7.89. The average molecular weight is 416 g/mol. The summed E-state index contributed by atoms with van der Waals surface area (Å²) in [6, 6.07) is 12.0. The van der Waals surface area contributed by atoms with Crippen LogP contribution in [0.25, 0.3) is 0 Å². The van der Waals surface area contributed by atoms with Crippen LogP contribution in [0.3, 0.4) is 0 Å². The molecule has 1 aromatic heterocycles. The van der Waals surface area contributed by atoms with Gasteiger partial charge in [-0.2, -0.15) is 4.31 Å². The van der Waals surface area contributed by atoms with Gasteiger partial charge in [-0.15, -0.1) is 0 Å². The maximum Gasteiger partial charge on any atom is 0.247 e. The molecule has 8 heteroatoms. The SMILES string of the molecule is CCN1[C@H]2CCN(C(=O)Cc3ccccn3)CC[C@@H]2Oc2ccccc2S1(=O)=O. The second kappa shape index (κ2) is 8.12. The first kappa shape index (κ1) is 19.8. The molecule has 7 nitrogen and oxygen atoms in total. The molecule has 3 heterocycles. The number of para-hydroxylation sites is 1. The number of likely N-dealkylation sites (tertiary alicyclic amines) is 1. The van der Waals surface area contributed by atoms with Crippen molar-refractivity contribution < 1.29 is 17.9 Å². The van der Waals surface area contributed by atoms with E-state index in [0.717, 1.165) is 5.69 Å². The average Bonchev–Trinajstić information content (AvgIpc) is 2.96. The van der Waals surface area contributed by atoms with Gasteiger partial charge >= 0.3 is 0 Å². The summed E-state index contributed by atoms with van der Waals surface area (Å²) in [6.07, 6.45) is 2.76.